The molecule has 2 aromatic rings. The molecular weight excluding hydrogens is 264 g/mol. The van der Waals surface area contributed by atoms with Crippen molar-refractivity contribution in [3.05, 3.63) is 10.9 Å². The van der Waals surface area contributed by atoms with E-state index in [0.29, 0.717) is 18.3 Å². The predicted molar refractivity (Wildman–Crippen MR) is 77.0 cm³/mol. The second kappa shape index (κ2) is 5.37. The number of anilines is 2. The molecule has 2 heterocycles. The lowest BCUT2D eigenvalue weighted by molar-refractivity contribution is -0.116. The summed E-state index contributed by atoms with van der Waals surface area (Å²) < 4.78 is 0. The zero-order valence-electron chi connectivity index (χ0n) is 10.8. The first-order valence-corrected chi connectivity index (χ1v) is 6.64. The van der Waals surface area contributed by atoms with Crippen LogP contribution in [-0.4, -0.2) is 29.0 Å². The van der Waals surface area contributed by atoms with Gasteiger partial charge in [0.1, 0.15) is 10.6 Å². The summed E-state index contributed by atoms with van der Waals surface area (Å²) in [6.45, 7) is 4.66. The Morgan fingerprint density at radius 1 is 1.53 bits per heavy atom. The van der Waals surface area contributed by atoms with Gasteiger partial charge in [-0.3, -0.25) is 10.2 Å². The van der Waals surface area contributed by atoms with Crippen LogP contribution in [0.5, 0.6) is 0 Å². The molecule has 0 aromatic carbocycles. The summed E-state index contributed by atoms with van der Waals surface area (Å²) in [6, 6.07) is 2.00. The minimum Gasteiger partial charge on any atom is -0.368 e. The van der Waals surface area contributed by atoms with Crippen LogP contribution in [0.2, 0.25) is 0 Å². The first-order chi connectivity index (χ1) is 9.05. The fourth-order valence-corrected chi connectivity index (χ4v) is 2.73. The molecule has 2 aromatic heterocycles. The Hall–Kier alpha value is -1.93. The Morgan fingerprint density at radius 2 is 2.26 bits per heavy atom. The van der Waals surface area contributed by atoms with E-state index in [2.05, 4.69) is 15.4 Å². The molecule has 0 spiro atoms. The van der Waals surface area contributed by atoms with Crippen molar-refractivity contribution in [2.75, 3.05) is 23.4 Å². The number of nitrogens with two attached hydrogens (primary N) is 2. The number of aryl methyl sites for hydroxylation is 1. The molecule has 0 radical (unpaired) electrons. The van der Waals surface area contributed by atoms with Crippen LogP contribution in [0.25, 0.3) is 10.2 Å². The van der Waals surface area contributed by atoms with E-state index in [0.717, 1.165) is 15.1 Å². The summed E-state index contributed by atoms with van der Waals surface area (Å²) in [5.74, 6) is 5.97. The highest BCUT2D eigenvalue weighted by atomic mass is 32.1. The maximum atomic E-state index is 11.1. The molecule has 5 N–H and O–H groups in total. The number of carbonyl (C=O) groups excluding carboxylic acids is 1. The monoisotopic (exact) mass is 280 g/mol. The highest BCUT2D eigenvalue weighted by Crippen LogP contribution is 2.31. The molecule has 102 valence electrons. The van der Waals surface area contributed by atoms with Gasteiger partial charge in [-0.15, -0.1) is 11.3 Å². The molecule has 8 heteroatoms. The third kappa shape index (κ3) is 2.74. The van der Waals surface area contributed by atoms with Crippen LogP contribution in [0.15, 0.2) is 6.07 Å². The van der Waals surface area contributed by atoms with Gasteiger partial charge in [-0.2, -0.15) is 4.98 Å². The lowest BCUT2D eigenvalue weighted by Crippen LogP contribution is -2.34. The van der Waals surface area contributed by atoms with Crippen molar-refractivity contribution >= 4 is 39.2 Å². The number of hydrazine groups is 1. The van der Waals surface area contributed by atoms with Gasteiger partial charge in [-0.1, -0.05) is 0 Å². The van der Waals surface area contributed by atoms with Crippen LogP contribution < -0.4 is 21.9 Å². The fourth-order valence-electron chi connectivity index (χ4n) is 1.86. The van der Waals surface area contributed by atoms with Crippen molar-refractivity contribution < 1.29 is 4.79 Å². The zero-order valence-corrected chi connectivity index (χ0v) is 11.6. The number of nitrogen functional groups attached to an aromatic ring is 1. The lowest BCUT2D eigenvalue weighted by Gasteiger charge is -2.21. The van der Waals surface area contributed by atoms with Gasteiger partial charge in [-0.05, 0) is 19.9 Å². The SMILES string of the molecule is CCN(CC(N)=O)c1nc(NN)nc2sc(C)cc12. The number of amides is 1. The summed E-state index contributed by atoms with van der Waals surface area (Å²) >= 11 is 1.55. The molecule has 0 saturated carbocycles. The summed E-state index contributed by atoms with van der Waals surface area (Å²) in [5.41, 5.74) is 7.71. The maximum Gasteiger partial charge on any atom is 0.240 e. The van der Waals surface area contributed by atoms with Gasteiger partial charge in [0.25, 0.3) is 0 Å². The molecule has 0 unspecified atom stereocenters. The molecule has 0 aliphatic carbocycles. The van der Waals surface area contributed by atoms with Gasteiger partial charge in [0.2, 0.25) is 11.9 Å². The molecule has 0 aliphatic rings. The molecule has 1 amide bonds. The number of thiophene rings is 1. The van der Waals surface area contributed by atoms with Gasteiger partial charge < -0.3 is 10.6 Å². The minimum atomic E-state index is -0.400. The van der Waals surface area contributed by atoms with Crippen LogP contribution in [-0.2, 0) is 4.79 Å². The van der Waals surface area contributed by atoms with Crippen molar-refractivity contribution in [3.8, 4) is 0 Å². The van der Waals surface area contributed by atoms with E-state index in [1.807, 2.05) is 19.9 Å². The summed E-state index contributed by atoms with van der Waals surface area (Å²) in [6.07, 6.45) is 0. The van der Waals surface area contributed by atoms with Crippen molar-refractivity contribution in [3.63, 3.8) is 0 Å². The molecular formula is C11H16N6OS. The summed E-state index contributed by atoms with van der Waals surface area (Å²) in [4.78, 5) is 23.5. The van der Waals surface area contributed by atoms with Gasteiger partial charge in [0, 0.05) is 11.4 Å². The molecule has 19 heavy (non-hydrogen) atoms. The summed E-state index contributed by atoms with van der Waals surface area (Å²) in [7, 11) is 0. The Kier molecular flexibility index (Phi) is 3.82. The molecule has 0 atom stereocenters. The summed E-state index contributed by atoms with van der Waals surface area (Å²) in [5, 5.41) is 0.907. The molecule has 2 rings (SSSR count). The van der Waals surface area contributed by atoms with Gasteiger partial charge in [0.05, 0.1) is 11.9 Å². The van der Waals surface area contributed by atoms with Crippen molar-refractivity contribution in [1.82, 2.24) is 9.97 Å². The van der Waals surface area contributed by atoms with E-state index >= 15 is 0 Å². The lowest BCUT2D eigenvalue weighted by atomic mass is 10.3. The highest BCUT2D eigenvalue weighted by Gasteiger charge is 2.16. The number of hydrogen-bond donors (Lipinski definition) is 3. The number of rotatable bonds is 5. The van der Waals surface area contributed by atoms with E-state index in [-0.39, 0.29) is 6.54 Å². The van der Waals surface area contributed by atoms with Crippen LogP contribution in [0.3, 0.4) is 0 Å². The van der Waals surface area contributed by atoms with Gasteiger partial charge in [-0.25, -0.2) is 10.8 Å². The highest BCUT2D eigenvalue weighted by molar-refractivity contribution is 7.18. The van der Waals surface area contributed by atoms with Gasteiger partial charge >= 0.3 is 0 Å². The second-order valence-electron chi connectivity index (χ2n) is 4.07. The van der Waals surface area contributed by atoms with E-state index < -0.39 is 5.91 Å². The number of aromatic nitrogens is 2. The fraction of sp³-hybridized carbons (Fsp3) is 0.364. The number of primary amides is 1. The number of nitrogens with one attached hydrogen (secondary N) is 1. The van der Waals surface area contributed by atoms with E-state index in [9.17, 15) is 4.79 Å². The first kappa shape index (κ1) is 13.5. The largest absolute Gasteiger partial charge is 0.368 e. The average Bonchev–Trinajstić information content (AvgIpc) is 2.74. The first-order valence-electron chi connectivity index (χ1n) is 5.83. The van der Waals surface area contributed by atoms with Crippen LogP contribution in [0, 0.1) is 6.92 Å². The van der Waals surface area contributed by atoms with Crippen LogP contribution in [0.4, 0.5) is 11.8 Å². The van der Waals surface area contributed by atoms with Crippen molar-refractivity contribution in [1.29, 1.82) is 0 Å². The number of hydrogen-bond acceptors (Lipinski definition) is 7. The number of likely N-dealkylation sites (N-methyl/N-ethyl adjacent to an activating group) is 1. The molecule has 0 fully saturated rings. The van der Waals surface area contributed by atoms with E-state index in [4.69, 9.17) is 11.6 Å². The quantitative estimate of drug-likeness (QED) is 0.546. The maximum absolute atomic E-state index is 11.1. The minimum absolute atomic E-state index is 0.113. The molecule has 7 nitrogen and oxygen atoms in total. The molecule has 0 aliphatic heterocycles. The Labute approximate surface area is 114 Å². The Balaban J connectivity index is 2.58. The molecule has 0 bridgehead atoms. The number of nitrogens with zero attached hydrogens (tertiary/aromatic N) is 3. The smallest absolute Gasteiger partial charge is 0.240 e. The zero-order chi connectivity index (χ0) is 14.0. The number of fused-ring (bicyclic) bond motifs is 1. The van der Waals surface area contributed by atoms with E-state index in [1.54, 1.807) is 16.2 Å². The second-order valence-corrected chi connectivity index (χ2v) is 5.31. The third-order valence-electron chi connectivity index (χ3n) is 2.65. The number of carbonyl (C=O) groups is 1. The Morgan fingerprint density at radius 3 is 2.84 bits per heavy atom. The van der Waals surface area contributed by atoms with Crippen LogP contribution >= 0.6 is 11.3 Å². The standard InChI is InChI=1S/C11H16N6OS/c1-3-17(5-8(12)18)9-7-4-6(2)19-10(7)15-11(14-9)16-13/h4H,3,5,13H2,1-2H3,(H2,12,18)(H,14,15,16). The van der Waals surface area contributed by atoms with Crippen molar-refractivity contribution in [2.24, 2.45) is 11.6 Å². The Bertz CT molecular complexity index is 610. The van der Waals surface area contributed by atoms with E-state index in [1.165, 1.54) is 0 Å². The van der Waals surface area contributed by atoms with Crippen LogP contribution in [0.1, 0.15) is 11.8 Å². The normalized spacial score (nSPS) is 10.7. The van der Waals surface area contributed by atoms with Crippen molar-refractivity contribution in [2.45, 2.75) is 13.8 Å². The predicted octanol–water partition coefficient (Wildman–Crippen LogP) is 0.597. The van der Waals surface area contributed by atoms with Gasteiger partial charge in [0.15, 0.2) is 0 Å². The molecule has 0 saturated heterocycles. The third-order valence-corrected chi connectivity index (χ3v) is 3.60. The topological polar surface area (TPSA) is 110 Å². The average molecular weight is 280 g/mol.